The molecule has 0 atom stereocenters. The maximum Gasteiger partial charge on any atom is 0.145 e. The molecule has 0 N–H and O–H groups in total. The van der Waals surface area contributed by atoms with Gasteiger partial charge < -0.3 is 9.13 Å². The van der Waals surface area contributed by atoms with Gasteiger partial charge in [-0.25, -0.2) is 4.98 Å². The summed E-state index contributed by atoms with van der Waals surface area (Å²) in [4.78, 5) is 5.26. The van der Waals surface area contributed by atoms with Crippen molar-refractivity contribution in [2.24, 2.45) is 0 Å². The summed E-state index contributed by atoms with van der Waals surface area (Å²) in [6.07, 6.45) is 2.03. The maximum atomic E-state index is 5.26. The first-order chi connectivity index (χ1) is 25.3. The van der Waals surface area contributed by atoms with Crippen molar-refractivity contribution in [3.05, 3.63) is 182 Å². The largest absolute Gasteiger partial charge is 0.309 e. The van der Waals surface area contributed by atoms with Crippen molar-refractivity contribution in [1.29, 1.82) is 0 Å². The number of rotatable bonds is 4. The van der Waals surface area contributed by atoms with E-state index in [4.69, 9.17) is 4.98 Å². The monoisotopic (exact) mass is 650 g/mol. The Kier molecular flexibility index (Phi) is 5.92. The number of hydrogen-bond acceptors (Lipinski definition) is 1. The number of hydrogen-bond donors (Lipinski definition) is 0. The second-order valence-electron chi connectivity index (χ2n) is 13.2. The fourth-order valence-electron chi connectivity index (χ4n) is 8.33. The Morgan fingerprint density at radius 3 is 1.35 bits per heavy atom. The van der Waals surface area contributed by atoms with Gasteiger partial charge in [0, 0.05) is 43.6 Å². The molecular formula is C47H30N4. The molecule has 0 aliphatic heterocycles. The second-order valence-corrected chi connectivity index (χ2v) is 13.2. The Morgan fingerprint density at radius 1 is 0.333 bits per heavy atom. The van der Waals surface area contributed by atoms with Gasteiger partial charge in [-0.05, 0) is 60.2 Å². The minimum Gasteiger partial charge on any atom is -0.309 e. The van der Waals surface area contributed by atoms with Crippen LogP contribution in [0.25, 0.3) is 93.7 Å². The molecule has 0 aliphatic carbocycles. The highest BCUT2D eigenvalue weighted by Gasteiger charge is 2.19. The van der Waals surface area contributed by atoms with E-state index in [0.29, 0.717) is 0 Å². The van der Waals surface area contributed by atoms with E-state index in [1.54, 1.807) is 0 Å². The molecule has 238 valence electrons. The van der Waals surface area contributed by atoms with Gasteiger partial charge in [0.15, 0.2) is 0 Å². The maximum absolute atomic E-state index is 5.26. The highest BCUT2D eigenvalue weighted by Crippen LogP contribution is 2.39. The van der Waals surface area contributed by atoms with Crippen LogP contribution >= 0.6 is 0 Å². The van der Waals surface area contributed by atoms with Gasteiger partial charge in [-0.15, -0.1) is 0 Å². The summed E-state index contributed by atoms with van der Waals surface area (Å²) in [6, 6.07) is 63.3. The normalized spacial score (nSPS) is 11.9. The number of benzene rings is 7. The topological polar surface area (TPSA) is 27.7 Å². The van der Waals surface area contributed by atoms with Crippen molar-refractivity contribution in [2.45, 2.75) is 0 Å². The zero-order valence-electron chi connectivity index (χ0n) is 27.6. The smallest absolute Gasteiger partial charge is 0.145 e. The van der Waals surface area contributed by atoms with E-state index in [9.17, 15) is 0 Å². The van der Waals surface area contributed by atoms with Crippen LogP contribution in [0.2, 0.25) is 0 Å². The molecule has 11 rings (SSSR count). The summed E-state index contributed by atoms with van der Waals surface area (Å²) in [6.45, 7) is 0. The van der Waals surface area contributed by atoms with Gasteiger partial charge in [0.25, 0.3) is 0 Å². The van der Waals surface area contributed by atoms with E-state index >= 15 is 0 Å². The quantitative estimate of drug-likeness (QED) is 0.186. The Labute approximate surface area is 293 Å². The zero-order chi connectivity index (χ0) is 33.5. The minimum absolute atomic E-state index is 0.937. The van der Waals surface area contributed by atoms with Gasteiger partial charge in [-0.3, -0.25) is 4.57 Å². The third-order valence-corrected chi connectivity index (χ3v) is 10.5. The Bertz CT molecular complexity index is 3050. The first kappa shape index (κ1) is 28.0. The van der Waals surface area contributed by atoms with E-state index in [1.807, 2.05) is 6.20 Å². The summed E-state index contributed by atoms with van der Waals surface area (Å²) in [5.74, 6) is 0. The molecule has 0 radical (unpaired) electrons. The van der Waals surface area contributed by atoms with Crippen LogP contribution in [-0.2, 0) is 0 Å². The molecule has 4 nitrogen and oxygen atoms in total. The molecule has 0 saturated heterocycles. The molecule has 0 bridgehead atoms. The molecule has 11 aromatic rings. The van der Waals surface area contributed by atoms with Gasteiger partial charge in [-0.2, -0.15) is 0 Å². The van der Waals surface area contributed by atoms with Crippen LogP contribution in [0.4, 0.5) is 0 Å². The first-order valence-electron chi connectivity index (χ1n) is 17.4. The highest BCUT2D eigenvalue weighted by atomic mass is 15.1. The van der Waals surface area contributed by atoms with E-state index in [2.05, 4.69) is 190 Å². The highest BCUT2D eigenvalue weighted by molar-refractivity contribution is 6.12. The lowest BCUT2D eigenvalue weighted by molar-refractivity contribution is 1.11. The van der Waals surface area contributed by atoms with Crippen molar-refractivity contribution < 1.29 is 0 Å². The van der Waals surface area contributed by atoms with E-state index in [1.165, 1.54) is 49.0 Å². The predicted octanol–water partition coefficient (Wildman–Crippen LogP) is 12.0. The van der Waals surface area contributed by atoms with Crippen LogP contribution in [0.1, 0.15) is 0 Å². The average molecular weight is 651 g/mol. The second kappa shape index (κ2) is 10.8. The molecule has 0 spiro atoms. The third-order valence-electron chi connectivity index (χ3n) is 10.5. The average Bonchev–Trinajstić information content (AvgIpc) is 3.84. The van der Waals surface area contributed by atoms with E-state index < -0.39 is 0 Å². The Balaban J connectivity index is 1.13. The van der Waals surface area contributed by atoms with Gasteiger partial charge in [-0.1, -0.05) is 121 Å². The van der Waals surface area contributed by atoms with E-state index in [-0.39, 0.29) is 0 Å². The lowest BCUT2D eigenvalue weighted by Gasteiger charge is -2.15. The Hall–Kier alpha value is -6.91. The van der Waals surface area contributed by atoms with Crippen LogP contribution in [0.3, 0.4) is 0 Å². The fourth-order valence-corrected chi connectivity index (χ4v) is 8.33. The van der Waals surface area contributed by atoms with Crippen LogP contribution in [0, 0.1) is 0 Å². The molecule has 4 heterocycles. The van der Waals surface area contributed by atoms with Crippen LogP contribution in [0.15, 0.2) is 182 Å². The number of aromatic nitrogens is 4. The molecular weight excluding hydrogens is 621 g/mol. The third kappa shape index (κ3) is 4.05. The lowest BCUT2D eigenvalue weighted by Crippen LogP contribution is -2.00. The van der Waals surface area contributed by atoms with Crippen LogP contribution in [0.5, 0.6) is 0 Å². The summed E-state index contributed by atoms with van der Waals surface area (Å²) >= 11 is 0. The lowest BCUT2D eigenvalue weighted by atomic mass is 10.0. The molecule has 0 fully saturated rings. The molecule has 0 aliphatic rings. The van der Waals surface area contributed by atoms with Crippen molar-refractivity contribution in [3.8, 4) is 28.2 Å². The summed E-state index contributed by atoms with van der Waals surface area (Å²) in [7, 11) is 0. The molecule has 7 aromatic carbocycles. The molecule has 0 saturated carbocycles. The van der Waals surface area contributed by atoms with Crippen molar-refractivity contribution >= 4 is 65.5 Å². The standard InChI is InChI=1S/C47H30N4/c1-7-22-41(34(16-1)31-14-13-15-32(28-31)49-42-23-8-2-17-35(42)36-18-3-9-24-43(36)49)51-46-27-12-6-21-39(46)40-29-33(30-48-47(40)51)50-44-25-10-4-19-37(44)38-20-5-11-26-45(38)50/h1-30H. The summed E-state index contributed by atoms with van der Waals surface area (Å²) in [5, 5.41) is 7.31. The molecule has 0 unspecified atom stereocenters. The van der Waals surface area contributed by atoms with Crippen molar-refractivity contribution in [3.63, 3.8) is 0 Å². The number of fused-ring (bicyclic) bond motifs is 9. The van der Waals surface area contributed by atoms with Crippen molar-refractivity contribution in [2.75, 3.05) is 0 Å². The van der Waals surface area contributed by atoms with Crippen molar-refractivity contribution in [1.82, 2.24) is 18.7 Å². The zero-order valence-corrected chi connectivity index (χ0v) is 27.6. The molecule has 0 amide bonds. The molecule has 51 heavy (non-hydrogen) atoms. The molecule has 4 aromatic heterocycles. The first-order valence-corrected chi connectivity index (χ1v) is 17.4. The van der Waals surface area contributed by atoms with Gasteiger partial charge in [0.2, 0.25) is 0 Å². The summed E-state index contributed by atoms with van der Waals surface area (Å²) in [5.41, 5.74) is 12.4. The SMILES string of the molecule is c1cc(-c2ccccc2-n2c3ccccc3c3cc(-n4c5ccccc5c5ccccc54)cnc32)cc(-n2c3ccccc3c3ccccc32)c1. The number of para-hydroxylation sites is 6. The van der Waals surface area contributed by atoms with Crippen LogP contribution in [-0.4, -0.2) is 18.7 Å². The van der Waals surface area contributed by atoms with E-state index in [0.717, 1.165) is 44.7 Å². The predicted molar refractivity (Wildman–Crippen MR) is 213 cm³/mol. The van der Waals surface area contributed by atoms with Gasteiger partial charge in [0.1, 0.15) is 5.65 Å². The van der Waals surface area contributed by atoms with Gasteiger partial charge >= 0.3 is 0 Å². The Morgan fingerprint density at radius 2 is 0.784 bits per heavy atom. The van der Waals surface area contributed by atoms with Crippen LogP contribution < -0.4 is 0 Å². The number of pyridine rings is 1. The van der Waals surface area contributed by atoms with Gasteiger partial charge in [0.05, 0.1) is 45.2 Å². The summed E-state index contributed by atoms with van der Waals surface area (Å²) < 4.78 is 7.06. The fraction of sp³-hybridized carbons (Fsp3) is 0. The minimum atomic E-state index is 0.937. The number of nitrogens with zero attached hydrogens (tertiary/aromatic N) is 4. The molecule has 4 heteroatoms.